The molecule has 1 aliphatic carbocycles. The summed E-state index contributed by atoms with van der Waals surface area (Å²) in [6.07, 6.45) is 4.16. The van der Waals surface area contributed by atoms with Crippen LogP contribution in [-0.4, -0.2) is 30.4 Å². The highest BCUT2D eigenvalue weighted by Gasteiger charge is 2.22. The summed E-state index contributed by atoms with van der Waals surface area (Å²) in [6, 6.07) is 14.2. The van der Waals surface area contributed by atoms with Crippen LogP contribution < -0.4 is 10.6 Å². The van der Waals surface area contributed by atoms with Crippen LogP contribution in [0.1, 0.15) is 52.2 Å². The normalized spacial score (nSPS) is 13.8. The second-order valence-corrected chi connectivity index (χ2v) is 7.68. The first-order valence-corrected chi connectivity index (χ1v) is 10.4. The SMILES string of the molecule is Cc1c(C(=O)OCC(=O)Nc2ccccc2C(=O)NC2CCCC2)oc2ccccc12. The van der Waals surface area contributed by atoms with Crippen molar-refractivity contribution in [2.45, 2.75) is 38.6 Å². The van der Waals surface area contributed by atoms with Crippen LogP contribution in [0.2, 0.25) is 0 Å². The molecule has 7 nitrogen and oxygen atoms in total. The van der Waals surface area contributed by atoms with Crippen molar-refractivity contribution in [2.24, 2.45) is 0 Å². The van der Waals surface area contributed by atoms with Crippen LogP contribution in [0.25, 0.3) is 11.0 Å². The third-order valence-corrected chi connectivity index (χ3v) is 5.50. The minimum atomic E-state index is -0.712. The monoisotopic (exact) mass is 420 g/mol. The topological polar surface area (TPSA) is 97.6 Å². The van der Waals surface area contributed by atoms with E-state index in [9.17, 15) is 14.4 Å². The van der Waals surface area contributed by atoms with E-state index in [2.05, 4.69) is 10.6 Å². The second-order valence-electron chi connectivity index (χ2n) is 7.68. The van der Waals surface area contributed by atoms with Crippen LogP contribution in [-0.2, 0) is 9.53 Å². The van der Waals surface area contributed by atoms with E-state index in [0.29, 0.717) is 22.4 Å². The third-order valence-electron chi connectivity index (χ3n) is 5.50. The molecular formula is C24H24N2O5. The minimum Gasteiger partial charge on any atom is -0.450 e. The van der Waals surface area contributed by atoms with E-state index in [4.69, 9.17) is 9.15 Å². The Bertz CT molecular complexity index is 1130. The Morgan fingerprint density at radius 2 is 1.74 bits per heavy atom. The van der Waals surface area contributed by atoms with E-state index < -0.39 is 18.5 Å². The average molecular weight is 420 g/mol. The lowest BCUT2D eigenvalue weighted by molar-refractivity contribution is -0.119. The molecule has 0 aliphatic heterocycles. The van der Waals surface area contributed by atoms with E-state index >= 15 is 0 Å². The van der Waals surface area contributed by atoms with Crippen LogP contribution in [0.15, 0.2) is 52.9 Å². The molecule has 0 saturated heterocycles. The molecule has 2 N–H and O–H groups in total. The number of benzene rings is 2. The molecule has 2 amide bonds. The molecular weight excluding hydrogens is 396 g/mol. The zero-order chi connectivity index (χ0) is 21.8. The summed E-state index contributed by atoms with van der Waals surface area (Å²) in [7, 11) is 0. The van der Waals surface area contributed by atoms with Gasteiger partial charge in [0.05, 0.1) is 11.3 Å². The number of ether oxygens (including phenoxy) is 1. The Labute approximate surface area is 179 Å². The molecule has 0 bridgehead atoms. The van der Waals surface area contributed by atoms with Crippen molar-refractivity contribution in [3.05, 3.63) is 65.4 Å². The zero-order valence-electron chi connectivity index (χ0n) is 17.3. The fraction of sp³-hybridized carbons (Fsp3) is 0.292. The van der Waals surface area contributed by atoms with Crippen molar-refractivity contribution in [3.63, 3.8) is 0 Å². The number of nitrogens with one attached hydrogen (secondary N) is 2. The number of furan rings is 1. The first kappa shape index (κ1) is 20.7. The van der Waals surface area contributed by atoms with Crippen molar-refractivity contribution in [1.82, 2.24) is 5.32 Å². The van der Waals surface area contributed by atoms with Gasteiger partial charge in [-0.2, -0.15) is 0 Å². The first-order valence-electron chi connectivity index (χ1n) is 10.4. The second kappa shape index (κ2) is 9.04. The molecule has 1 aromatic heterocycles. The highest BCUT2D eigenvalue weighted by atomic mass is 16.5. The summed E-state index contributed by atoms with van der Waals surface area (Å²) in [5.74, 6) is -1.40. The smallest absolute Gasteiger partial charge is 0.375 e. The predicted octanol–water partition coefficient (Wildman–Crippen LogP) is 4.21. The minimum absolute atomic E-state index is 0.0744. The van der Waals surface area contributed by atoms with Crippen molar-refractivity contribution >= 4 is 34.4 Å². The molecule has 1 heterocycles. The molecule has 31 heavy (non-hydrogen) atoms. The number of hydrogen-bond donors (Lipinski definition) is 2. The van der Waals surface area contributed by atoms with Crippen LogP contribution in [0.5, 0.6) is 0 Å². The van der Waals surface area contributed by atoms with Crippen LogP contribution in [0, 0.1) is 6.92 Å². The van der Waals surface area contributed by atoms with E-state index in [1.165, 1.54) is 0 Å². The molecule has 0 atom stereocenters. The zero-order valence-corrected chi connectivity index (χ0v) is 17.3. The van der Waals surface area contributed by atoms with Gasteiger partial charge in [-0.25, -0.2) is 4.79 Å². The van der Waals surface area contributed by atoms with Gasteiger partial charge in [0.25, 0.3) is 11.8 Å². The molecule has 1 aliphatic rings. The molecule has 3 aromatic rings. The van der Waals surface area contributed by atoms with Gasteiger partial charge in [0.1, 0.15) is 5.58 Å². The molecule has 0 unspecified atom stereocenters. The summed E-state index contributed by atoms with van der Waals surface area (Å²) in [4.78, 5) is 37.4. The number of hydrogen-bond acceptors (Lipinski definition) is 5. The van der Waals surface area contributed by atoms with Gasteiger partial charge in [0.15, 0.2) is 6.61 Å². The van der Waals surface area contributed by atoms with Crippen molar-refractivity contribution < 1.29 is 23.5 Å². The number of esters is 1. The Balaban J connectivity index is 1.38. The van der Waals surface area contributed by atoms with Crippen molar-refractivity contribution in [3.8, 4) is 0 Å². The Hall–Kier alpha value is -3.61. The summed E-state index contributed by atoms with van der Waals surface area (Å²) < 4.78 is 10.7. The Morgan fingerprint density at radius 3 is 2.52 bits per heavy atom. The Kier molecular flexibility index (Phi) is 6.02. The van der Waals surface area contributed by atoms with Crippen molar-refractivity contribution in [1.29, 1.82) is 0 Å². The summed E-state index contributed by atoms with van der Waals surface area (Å²) >= 11 is 0. The predicted molar refractivity (Wildman–Crippen MR) is 116 cm³/mol. The average Bonchev–Trinajstić information content (AvgIpc) is 3.40. The van der Waals surface area contributed by atoms with E-state index in [1.807, 2.05) is 18.2 Å². The maximum atomic E-state index is 12.6. The summed E-state index contributed by atoms with van der Waals surface area (Å²) in [5, 5.41) is 6.49. The summed E-state index contributed by atoms with van der Waals surface area (Å²) in [6.45, 7) is 1.27. The molecule has 0 radical (unpaired) electrons. The van der Waals surface area contributed by atoms with Gasteiger partial charge in [-0.05, 0) is 38.0 Å². The number of anilines is 1. The number of para-hydroxylation sites is 2. The van der Waals surface area contributed by atoms with Crippen LogP contribution >= 0.6 is 0 Å². The summed E-state index contributed by atoms with van der Waals surface area (Å²) in [5.41, 5.74) is 2.00. The molecule has 1 fully saturated rings. The number of aryl methyl sites for hydroxylation is 1. The van der Waals surface area contributed by atoms with Gasteiger partial charge in [0, 0.05) is 17.0 Å². The lowest BCUT2D eigenvalue weighted by Gasteiger charge is -2.15. The van der Waals surface area contributed by atoms with Gasteiger partial charge in [0.2, 0.25) is 5.76 Å². The van der Waals surface area contributed by atoms with E-state index in [-0.39, 0.29) is 17.7 Å². The number of fused-ring (bicyclic) bond motifs is 1. The number of carbonyl (C=O) groups excluding carboxylic acids is 3. The number of carbonyl (C=O) groups is 3. The Morgan fingerprint density at radius 1 is 1.03 bits per heavy atom. The lowest BCUT2D eigenvalue weighted by Crippen LogP contribution is -2.33. The fourth-order valence-corrected chi connectivity index (χ4v) is 3.88. The first-order chi connectivity index (χ1) is 15.0. The van der Waals surface area contributed by atoms with Crippen LogP contribution in [0.4, 0.5) is 5.69 Å². The standard InChI is InChI=1S/C24H24N2O5/c1-15-17-10-5-7-13-20(17)31-22(15)24(29)30-14-21(27)26-19-12-6-4-11-18(19)23(28)25-16-8-2-3-9-16/h4-7,10-13,16H,2-3,8-9,14H2,1H3,(H,25,28)(H,26,27). The molecule has 7 heteroatoms. The third kappa shape index (κ3) is 4.60. The maximum absolute atomic E-state index is 12.6. The van der Waals surface area contributed by atoms with Gasteiger partial charge >= 0.3 is 5.97 Å². The largest absolute Gasteiger partial charge is 0.450 e. The maximum Gasteiger partial charge on any atom is 0.375 e. The number of rotatable bonds is 6. The molecule has 2 aromatic carbocycles. The van der Waals surface area contributed by atoms with E-state index in [0.717, 1.165) is 31.1 Å². The highest BCUT2D eigenvalue weighted by Crippen LogP contribution is 2.25. The van der Waals surface area contributed by atoms with Crippen LogP contribution in [0.3, 0.4) is 0 Å². The quantitative estimate of drug-likeness (QED) is 0.582. The van der Waals surface area contributed by atoms with Gasteiger partial charge in [-0.1, -0.05) is 43.2 Å². The molecule has 4 rings (SSSR count). The van der Waals surface area contributed by atoms with Crippen molar-refractivity contribution in [2.75, 3.05) is 11.9 Å². The molecule has 1 saturated carbocycles. The highest BCUT2D eigenvalue weighted by molar-refractivity contribution is 6.04. The fourth-order valence-electron chi connectivity index (χ4n) is 3.88. The van der Waals surface area contributed by atoms with E-state index in [1.54, 1.807) is 37.3 Å². The van der Waals surface area contributed by atoms with Gasteiger partial charge < -0.3 is 19.8 Å². The lowest BCUT2D eigenvalue weighted by atomic mass is 10.1. The molecule has 0 spiro atoms. The van der Waals surface area contributed by atoms with Gasteiger partial charge in [-0.15, -0.1) is 0 Å². The molecule has 160 valence electrons. The number of amides is 2. The van der Waals surface area contributed by atoms with Gasteiger partial charge in [-0.3, -0.25) is 9.59 Å².